The van der Waals surface area contributed by atoms with Crippen LogP contribution >= 0.6 is 34.5 Å². The minimum Gasteiger partial charge on any atom is -0.430 e. The van der Waals surface area contributed by atoms with Crippen molar-refractivity contribution < 1.29 is 9.84 Å². The number of hydrogen-bond acceptors (Lipinski definition) is 5. The Bertz CT molecular complexity index is 484. The normalized spacial score (nSPS) is 10.4. The monoisotopic (exact) mass is 276 g/mol. The molecule has 1 N–H and O–H groups in total. The highest BCUT2D eigenvalue weighted by molar-refractivity contribution is 7.13. The average Bonchev–Trinajstić information content (AvgIpc) is 2.64. The van der Waals surface area contributed by atoms with E-state index in [0.29, 0.717) is 26.0 Å². The number of aliphatic hydroxyl groups is 1. The van der Waals surface area contributed by atoms with Crippen LogP contribution in [0.15, 0.2) is 18.2 Å². The van der Waals surface area contributed by atoms with Gasteiger partial charge in [-0.1, -0.05) is 39.6 Å². The van der Waals surface area contributed by atoms with Crippen molar-refractivity contribution in [2.75, 3.05) is 0 Å². The van der Waals surface area contributed by atoms with E-state index in [2.05, 4.69) is 10.2 Å². The fraction of sp³-hybridized carbons (Fsp3) is 0.111. The first-order valence-electron chi connectivity index (χ1n) is 4.24. The second-order valence-corrected chi connectivity index (χ2v) is 4.72. The number of halogens is 2. The first-order valence-corrected chi connectivity index (χ1v) is 5.82. The molecule has 0 aliphatic carbocycles. The molecule has 0 saturated heterocycles. The van der Waals surface area contributed by atoms with E-state index in [9.17, 15) is 0 Å². The molecule has 7 heteroatoms. The van der Waals surface area contributed by atoms with Crippen LogP contribution in [-0.4, -0.2) is 15.3 Å². The standard InChI is InChI=1S/C9H6Cl2N2O2S/c10-5-1-6(11)3-7(2-5)15-9-13-12-8(4-14)16-9/h1-3,14H,4H2. The van der Waals surface area contributed by atoms with Crippen molar-refractivity contribution in [1.29, 1.82) is 0 Å². The maximum atomic E-state index is 8.82. The Morgan fingerprint density at radius 3 is 2.44 bits per heavy atom. The fourth-order valence-corrected chi connectivity index (χ4v) is 2.10. The smallest absolute Gasteiger partial charge is 0.299 e. The molecule has 0 spiro atoms. The summed E-state index contributed by atoms with van der Waals surface area (Å²) in [5.41, 5.74) is 0. The number of nitrogens with zero attached hydrogens (tertiary/aromatic N) is 2. The molecule has 1 aromatic heterocycles. The molecule has 0 aliphatic heterocycles. The molecule has 1 aromatic carbocycles. The van der Waals surface area contributed by atoms with Crippen molar-refractivity contribution in [2.24, 2.45) is 0 Å². The molecular weight excluding hydrogens is 271 g/mol. The van der Waals surface area contributed by atoms with Crippen LogP contribution in [0.4, 0.5) is 0 Å². The van der Waals surface area contributed by atoms with Crippen LogP contribution in [0.5, 0.6) is 10.9 Å². The third-order valence-corrected chi connectivity index (χ3v) is 2.85. The molecule has 0 atom stereocenters. The molecule has 4 nitrogen and oxygen atoms in total. The summed E-state index contributed by atoms with van der Waals surface area (Å²) in [5.74, 6) is 0.484. The second kappa shape index (κ2) is 4.97. The second-order valence-electron chi connectivity index (χ2n) is 2.83. The Kier molecular flexibility index (Phi) is 3.60. The summed E-state index contributed by atoms with van der Waals surface area (Å²) in [6.45, 7) is -0.155. The zero-order chi connectivity index (χ0) is 11.5. The number of aromatic nitrogens is 2. The van der Waals surface area contributed by atoms with Gasteiger partial charge in [0.1, 0.15) is 10.8 Å². The Morgan fingerprint density at radius 1 is 1.19 bits per heavy atom. The lowest BCUT2D eigenvalue weighted by Crippen LogP contribution is -1.83. The number of aliphatic hydroxyl groups excluding tert-OH is 1. The van der Waals surface area contributed by atoms with Gasteiger partial charge in [-0.05, 0) is 18.2 Å². The summed E-state index contributed by atoms with van der Waals surface area (Å²) in [6.07, 6.45) is 0. The van der Waals surface area contributed by atoms with Crippen molar-refractivity contribution in [3.05, 3.63) is 33.3 Å². The molecule has 0 amide bonds. The predicted molar refractivity (Wildman–Crippen MR) is 62.4 cm³/mol. The van der Waals surface area contributed by atoms with Gasteiger partial charge in [0.2, 0.25) is 0 Å². The molecule has 0 bridgehead atoms. The van der Waals surface area contributed by atoms with Gasteiger partial charge in [-0.25, -0.2) is 0 Å². The molecule has 0 unspecified atom stereocenters. The molecule has 2 aromatic rings. The van der Waals surface area contributed by atoms with E-state index in [-0.39, 0.29) is 6.61 Å². The van der Waals surface area contributed by atoms with E-state index in [1.54, 1.807) is 18.2 Å². The van der Waals surface area contributed by atoms with Crippen molar-refractivity contribution in [3.63, 3.8) is 0 Å². The lowest BCUT2D eigenvalue weighted by molar-refractivity contribution is 0.280. The summed E-state index contributed by atoms with van der Waals surface area (Å²) < 4.78 is 5.39. The van der Waals surface area contributed by atoms with Crippen molar-refractivity contribution in [1.82, 2.24) is 10.2 Å². The van der Waals surface area contributed by atoms with Crippen molar-refractivity contribution in [3.8, 4) is 10.9 Å². The predicted octanol–water partition coefficient (Wildman–Crippen LogP) is 3.13. The van der Waals surface area contributed by atoms with Gasteiger partial charge in [0, 0.05) is 10.0 Å². The summed E-state index contributed by atoms with van der Waals surface area (Å²) >= 11 is 12.8. The van der Waals surface area contributed by atoms with E-state index >= 15 is 0 Å². The highest BCUT2D eigenvalue weighted by atomic mass is 35.5. The van der Waals surface area contributed by atoms with Gasteiger partial charge in [-0.3, -0.25) is 0 Å². The first kappa shape index (κ1) is 11.6. The van der Waals surface area contributed by atoms with Crippen LogP contribution in [0.25, 0.3) is 0 Å². The molecule has 2 rings (SSSR count). The van der Waals surface area contributed by atoms with Gasteiger partial charge in [0.15, 0.2) is 0 Å². The third kappa shape index (κ3) is 2.82. The average molecular weight is 277 g/mol. The lowest BCUT2D eigenvalue weighted by Gasteiger charge is -2.01. The van der Waals surface area contributed by atoms with Crippen LogP contribution in [0.1, 0.15) is 5.01 Å². The molecular formula is C9H6Cl2N2O2S. The van der Waals surface area contributed by atoms with E-state index in [1.807, 2.05) is 0 Å². The van der Waals surface area contributed by atoms with E-state index < -0.39 is 0 Å². The molecule has 0 saturated carbocycles. The van der Waals surface area contributed by atoms with E-state index in [4.69, 9.17) is 33.0 Å². The summed E-state index contributed by atoms with van der Waals surface area (Å²) in [6, 6.07) is 4.84. The van der Waals surface area contributed by atoms with Gasteiger partial charge in [-0.2, -0.15) is 0 Å². The zero-order valence-corrected chi connectivity index (χ0v) is 10.2. The lowest BCUT2D eigenvalue weighted by atomic mass is 10.3. The van der Waals surface area contributed by atoms with E-state index in [1.165, 1.54) is 0 Å². The number of benzene rings is 1. The summed E-state index contributed by atoms with van der Waals surface area (Å²) in [7, 11) is 0. The Morgan fingerprint density at radius 2 is 1.88 bits per heavy atom. The largest absolute Gasteiger partial charge is 0.430 e. The molecule has 84 valence electrons. The molecule has 16 heavy (non-hydrogen) atoms. The highest BCUT2D eigenvalue weighted by Gasteiger charge is 2.06. The molecule has 0 fully saturated rings. The molecule has 1 heterocycles. The first-order chi connectivity index (χ1) is 7.67. The SMILES string of the molecule is OCc1nnc(Oc2cc(Cl)cc(Cl)c2)s1. The zero-order valence-electron chi connectivity index (χ0n) is 7.85. The van der Waals surface area contributed by atoms with Crippen LogP contribution < -0.4 is 4.74 Å². The topological polar surface area (TPSA) is 55.2 Å². The maximum absolute atomic E-state index is 8.82. The Hall–Kier alpha value is -0.880. The highest BCUT2D eigenvalue weighted by Crippen LogP contribution is 2.29. The van der Waals surface area contributed by atoms with E-state index in [0.717, 1.165) is 11.3 Å². The van der Waals surface area contributed by atoms with Crippen LogP contribution in [0, 0.1) is 0 Å². The minimum absolute atomic E-state index is 0.155. The van der Waals surface area contributed by atoms with Gasteiger partial charge in [0.25, 0.3) is 5.19 Å². The Labute approximate surface area is 105 Å². The third-order valence-electron chi connectivity index (χ3n) is 1.62. The fourth-order valence-electron chi connectivity index (χ4n) is 1.03. The number of ether oxygens (including phenoxy) is 1. The van der Waals surface area contributed by atoms with Gasteiger partial charge < -0.3 is 9.84 Å². The van der Waals surface area contributed by atoms with Crippen LogP contribution in [0.3, 0.4) is 0 Å². The van der Waals surface area contributed by atoms with Crippen molar-refractivity contribution >= 4 is 34.5 Å². The quantitative estimate of drug-likeness (QED) is 0.936. The number of hydrogen-bond donors (Lipinski definition) is 1. The van der Waals surface area contributed by atoms with Gasteiger partial charge in [0.05, 0.1) is 6.61 Å². The van der Waals surface area contributed by atoms with Crippen molar-refractivity contribution in [2.45, 2.75) is 6.61 Å². The van der Waals surface area contributed by atoms with Crippen LogP contribution in [-0.2, 0) is 6.61 Å². The minimum atomic E-state index is -0.155. The van der Waals surface area contributed by atoms with Gasteiger partial charge >= 0.3 is 0 Å². The van der Waals surface area contributed by atoms with Crippen LogP contribution in [0.2, 0.25) is 10.0 Å². The maximum Gasteiger partial charge on any atom is 0.299 e. The molecule has 0 radical (unpaired) electrons. The summed E-state index contributed by atoms with van der Waals surface area (Å²) in [5, 5.41) is 18.0. The number of rotatable bonds is 3. The Balaban J connectivity index is 2.19. The molecule has 0 aliphatic rings. The van der Waals surface area contributed by atoms with Gasteiger partial charge in [-0.15, -0.1) is 5.10 Å². The summed E-state index contributed by atoms with van der Waals surface area (Å²) in [4.78, 5) is 0.